The Labute approximate surface area is 90.0 Å². The minimum atomic E-state index is -0.777. The van der Waals surface area contributed by atoms with Gasteiger partial charge in [-0.2, -0.15) is 0 Å². The van der Waals surface area contributed by atoms with Gasteiger partial charge in [0, 0.05) is 11.6 Å². The predicted molar refractivity (Wildman–Crippen MR) is 55.3 cm³/mol. The molecule has 0 aliphatic rings. The number of rotatable bonds is 3. The summed E-state index contributed by atoms with van der Waals surface area (Å²) in [5.74, 6) is 0. The summed E-state index contributed by atoms with van der Waals surface area (Å²) in [7, 11) is 0. The fourth-order valence-electron chi connectivity index (χ4n) is 0.897. The molecule has 0 fully saturated rings. The number of alkyl halides is 1. The lowest BCUT2D eigenvalue weighted by Crippen LogP contribution is -2.02. The van der Waals surface area contributed by atoms with Gasteiger partial charge >= 0.3 is 5.43 Å². The summed E-state index contributed by atoms with van der Waals surface area (Å²) in [6, 6.07) is 9.66. The Morgan fingerprint density at radius 1 is 1.46 bits per heavy atom. The van der Waals surface area contributed by atoms with Crippen molar-refractivity contribution in [3.63, 3.8) is 0 Å². The van der Waals surface area contributed by atoms with E-state index in [9.17, 15) is 4.79 Å². The van der Waals surface area contributed by atoms with Crippen LogP contribution in [0.25, 0.3) is 0 Å². The van der Waals surface area contributed by atoms with Gasteiger partial charge in [0.1, 0.15) is 6.61 Å². The monoisotopic (exact) mass is 262 g/mol. The predicted octanol–water partition coefficient (Wildman–Crippen LogP) is 3.50. The number of carbonyl (C=O) groups is 1. The lowest BCUT2D eigenvalue weighted by molar-refractivity contribution is 0.174. The fourth-order valence-corrected chi connectivity index (χ4v) is 1.40. The molecule has 0 aliphatic heterocycles. The Kier molecular flexibility index (Phi) is 4.25. The third-order valence-electron chi connectivity index (χ3n) is 1.50. The highest BCUT2D eigenvalue weighted by molar-refractivity contribution is 9.09. The van der Waals surface area contributed by atoms with Gasteiger partial charge in [-0.15, -0.1) is 0 Å². The van der Waals surface area contributed by atoms with Crippen LogP contribution in [0.2, 0.25) is 0 Å². The normalized spacial score (nSPS) is 12.2. The number of carbonyl (C=O) groups excluding carboxylic acids is 1. The van der Waals surface area contributed by atoms with Gasteiger partial charge < -0.3 is 4.74 Å². The molecule has 0 N–H and O–H groups in total. The minimum Gasteiger partial charge on any atom is -0.452 e. The molecule has 1 unspecified atom stereocenters. The van der Waals surface area contributed by atoms with E-state index < -0.39 is 5.43 Å². The van der Waals surface area contributed by atoms with Crippen LogP contribution in [0.5, 0.6) is 0 Å². The molecule has 0 saturated heterocycles. The van der Waals surface area contributed by atoms with Crippen molar-refractivity contribution in [2.75, 3.05) is 6.61 Å². The number of ether oxygens (including phenoxy) is 1. The Balaban J connectivity index is 2.49. The lowest BCUT2D eigenvalue weighted by Gasteiger charge is -2.08. The molecule has 70 valence electrons. The Morgan fingerprint density at radius 3 is 2.62 bits per heavy atom. The van der Waals surface area contributed by atoms with Crippen molar-refractivity contribution in [2.45, 2.75) is 4.83 Å². The first-order chi connectivity index (χ1) is 6.20. The SMILES string of the molecule is O=C(Cl)OCC(Br)c1ccccc1. The first-order valence-electron chi connectivity index (χ1n) is 3.71. The highest BCUT2D eigenvalue weighted by atomic mass is 79.9. The van der Waals surface area contributed by atoms with E-state index in [4.69, 9.17) is 11.6 Å². The van der Waals surface area contributed by atoms with Gasteiger partial charge in [0.25, 0.3) is 0 Å². The van der Waals surface area contributed by atoms with Crippen LogP contribution in [0.1, 0.15) is 10.4 Å². The number of hydrogen-bond donors (Lipinski definition) is 0. The molecule has 2 nitrogen and oxygen atoms in total. The molecular weight excluding hydrogens is 255 g/mol. The quantitative estimate of drug-likeness (QED) is 0.616. The van der Waals surface area contributed by atoms with Crippen molar-refractivity contribution in [3.8, 4) is 0 Å². The van der Waals surface area contributed by atoms with Crippen molar-refractivity contribution in [2.24, 2.45) is 0 Å². The van der Waals surface area contributed by atoms with Gasteiger partial charge in [-0.1, -0.05) is 46.3 Å². The van der Waals surface area contributed by atoms with Crippen LogP contribution in [0.4, 0.5) is 4.79 Å². The van der Waals surface area contributed by atoms with Crippen LogP contribution in [0.3, 0.4) is 0 Å². The molecule has 0 bridgehead atoms. The van der Waals surface area contributed by atoms with Gasteiger partial charge in [0.2, 0.25) is 0 Å². The average molecular weight is 264 g/mol. The molecule has 1 atom stereocenters. The molecule has 0 saturated carbocycles. The molecule has 1 rings (SSSR count). The average Bonchev–Trinajstić information content (AvgIpc) is 2.15. The number of halogens is 2. The first-order valence-corrected chi connectivity index (χ1v) is 5.01. The maximum absolute atomic E-state index is 10.3. The van der Waals surface area contributed by atoms with E-state index in [0.29, 0.717) is 0 Å². The van der Waals surface area contributed by atoms with E-state index in [-0.39, 0.29) is 11.4 Å². The van der Waals surface area contributed by atoms with Crippen LogP contribution < -0.4 is 0 Å². The van der Waals surface area contributed by atoms with Crippen molar-refractivity contribution in [1.29, 1.82) is 0 Å². The molecule has 0 radical (unpaired) electrons. The first kappa shape index (κ1) is 10.5. The molecule has 1 aromatic rings. The van der Waals surface area contributed by atoms with E-state index in [1.807, 2.05) is 30.3 Å². The fraction of sp³-hybridized carbons (Fsp3) is 0.222. The summed E-state index contributed by atoms with van der Waals surface area (Å²) < 4.78 is 4.64. The van der Waals surface area contributed by atoms with Crippen molar-refractivity contribution < 1.29 is 9.53 Å². The van der Waals surface area contributed by atoms with E-state index in [0.717, 1.165) is 5.56 Å². The van der Waals surface area contributed by atoms with E-state index in [1.165, 1.54) is 0 Å². The highest BCUT2D eigenvalue weighted by Gasteiger charge is 2.08. The summed E-state index contributed by atoms with van der Waals surface area (Å²) in [6.07, 6.45) is 0. The van der Waals surface area contributed by atoms with Gasteiger partial charge in [-0.25, -0.2) is 4.79 Å². The summed E-state index contributed by atoms with van der Waals surface area (Å²) >= 11 is 8.41. The third-order valence-corrected chi connectivity index (χ3v) is 2.41. The Hall–Kier alpha value is -0.540. The second-order valence-corrected chi connectivity index (χ2v) is 3.84. The zero-order chi connectivity index (χ0) is 9.68. The molecule has 4 heteroatoms. The second-order valence-electron chi connectivity index (χ2n) is 2.43. The van der Waals surface area contributed by atoms with Crippen molar-refractivity contribution in [1.82, 2.24) is 0 Å². The summed E-state index contributed by atoms with van der Waals surface area (Å²) in [5, 5.41) is 0. The van der Waals surface area contributed by atoms with Crippen LogP contribution in [0, 0.1) is 0 Å². The van der Waals surface area contributed by atoms with Crippen LogP contribution >= 0.6 is 27.5 Å². The maximum atomic E-state index is 10.3. The van der Waals surface area contributed by atoms with Crippen LogP contribution in [-0.2, 0) is 4.74 Å². The third kappa shape index (κ3) is 3.79. The summed E-state index contributed by atoms with van der Waals surface area (Å²) in [6.45, 7) is 0.242. The largest absolute Gasteiger partial charge is 0.452 e. The van der Waals surface area contributed by atoms with Crippen molar-refractivity contribution in [3.05, 3.63) is 35.9 Å². The maximum Gasteiger partial charge on any atom is 0.403 e. The van der Waals surface area contributed by atoms with Crippen LogP contribution in [0.15, 0.2) is 30.3 Å². The number of hydrogen-bond acceptors (Lipinski definition) is 2. The van der Waals surface area contributed by atoms with Gasteiger partial charge in [-0.05, 0) is 5.56 Å². The van der Waals surface area contributed by atoms with E-state index >= 15 is 0 Å². The molecular formula is C9H8BrClO2. The summed E-state index contributed by atoms with van der Waals surface area (Å²) in [4.78, 5) is 10.3. The molecule has 0 aliphatic carbocycles. The second kappa shape index (κ2) is 5.25. The van der Waals surface area contributed by atoms with Gasteiger partial charge in [0.05, 0.1) is 4.83 Å². The molecule has 0 heterocycles. The lowest BCUT2D eigenvalue weighted by atomic mass is 10.2. The minimum absolute atomic E-state index is 0.00333. The topological polar surface area (TPSA) is 26.3 Å². The molecule has 1 aromatic carbocycles. The Morgan fingerprint density at radius 2 is 2.08 bits per heavy atom. The molecule has 0 aromatic heterocycles. The zero-order valence-electron chi connectivity index (χ0n) is 6.74. The zero-order valence-corrected chi connectivity index (χ0v) is 9.09. The standard InChI is InChI=1S/C9H8BrClO2/c10-8(6-13-9(11)12)7-4-2-1-3-5-7/h1-5,8H,6H2. The Bertz CT molecular complexity index is 276. The van der Waals surface area contributed by atoms with Crippen LogP contribution in [-0.4, -0.2) is 12.0 Å². The van der Waals surface area contributed by atoms with E-state index in [1.54, 1.807) is 0 Å². The smallest absolute Gasteiger partial charge is 0.403 e. The van der Waals surface area contributed by atoms with E-state index in [2.05, 4.69) is 20.7 Å². The molecule has 0 amide bonds. The van der Waals surface area contributed by atoms with Gasteiger partial charge in [0.15, 0.2) is 0 Å². The van der Waals surface area contributed by atoms with Crippen molar-refractivity contribution >= 4 is 33.0 Å². The summed E-state index contributed by atoms with van der Waals surface area (Å²) in [5.41, 5.74) is 0.279. The number of benzene rings is 1. The molecule has 13 heavy (non-hydrogen) atoms. The highest BCUT2D eigenvalue weighted by Crippen LogP contribution is 2.22. The molecule has 0 spiro atoms. The van der Waals surface area contributed by atoms with Gasteiger partial charge in [-0.3, -0.25) is 0 Å².